The molecule has 0 bridgehead atoms. The average Bonchev–Trinajstić information content (AvgIpc) is 2.83. The molecule has 0 radical (unpaired) electrons. The van der Waals surface area contributed by atoms with Crippen LogP contribution in [0.1, 0.15) is 13.8 Å². The van der Waals surface area contributed by atoms with E-state index in [4.69, 9.17) is 5.73 Å². The molecule has 0 spiro atoms. The monoisotopic (exact) mass is 254 g/mol. The Kier molecular flexibility index (Phi) is 4.36. The van der Waals surface area contributed by atoms with E-state index in [2.05, 4.69) is 28.6 Å². The molecule has 1 saturated heterocycles. The van der Waals surface area contributed by atoms with Crippen LogP contribution in [0.2, 0.25) is 0 Å². The summed E-state index contributed by atoms with van der Waals surface area (Å²) < 4.78 is 0. The maximum atomic E-state index is 6.11. The molecule has 0 amide bonds. The molecular formula is C12H22N4S. The minimum Gasteiger partial charge on any atom is -0.346 e. The van der Waals surface area contributed by atoms with Crippen LogP contribution in [0.15, 0.2) is 11.6 Å². The zero-order chi connectivity index (χ0) is 12.3. The Balaban J connectivity index is 1.78. The average molecular weight is 254 g/mol. The number of hydrogen-bond acceptors (Lipinski definition) is 5. The van der Waals surface area contributed by atoms with Gasteiger partial charge in [0.15, 0.2) is 5.13 Å². The molecule has 2 heterocycles. The minimum absolute atomic E-state index is 0.293. The van der Waals surface area contributed by atoms with E-state index >= 15 is 0 Å². The van der Waals surface area contributed by atoms with Crippen molar-refractivity contribution >= 4 is 16.5 Å². The normalized spacial score (nSPS) is 19.9. The van der Waals surface area contributed by atoms with Crippen LogP contribution in [0, 0.1) is 5.92 Å². The van der Waals surface area contributed by atoms with Crippen LogP contribution >= 0.6 is 11.3 Å². The standard InChI is InChI=1S/C12H22N4S/c1-10(2)11(13)9-15-4-6-16(7-5-15)12-14-3-8-17-12/h3,8,10-11H,4-7,9,13H2,1-2H3. The maximum Gasteiger partial charge on any atom is 0.185 e. The van der Waals surface area contributed by atoms with Gasteiger partial charge in [0.05, 0.1) is 0 Å². The van der Waals surface area contributed by atoms with Crippen LogP contribution in [0.5, 0.6) is 0 Å². The molecule has 2 rings (SSSR count). The molecule has 1 unspecified atom stereocenters. The lowest BCUT2D eigenvalue weighted by atomic mass is 10.0. The predicted molar refractivity (Wildman–Crippen MR) is 73.6 cm³/mol. The second-order valence-corrected chi connectivity index (χ2v) is 5.88. The smallest absolute Gasteiger partial charge is 0.185 e. The van der Waals surface area contributed by atoms with E-state index in [1.807, 2.05) is 11.6 Å². The van der Waals surface area contributed by atoms with Crippen LogP contribution < -0.4 is 10.6 Å². The summed E-state index contributed by atoms with van der Waals surface area (Å²) >= 11 is 1.72. The summed E-state index contributed by atoms with van der Waals surface area (Å²) in [5.41, 5.74) is 6.11. The van der Waals surface area contributed by atoms with Gasteiger partial charge in [-0.15, -0.1) is 11.3 Å². The van der Waals surface area contributed by atoms with Gasteiger partial charge in [0.2, 0.25) is 0 Å². The first-order chi connectivity index (χ1) is 8.16. The minimum atomic E-state index is 0.293. The number of aromatic nitrogens is 1. The number of piperazine rings is 1. The second-order valence-electron chi connectivity index (χ2n) is 5.01. The lowest BCUT2D eigenvalue weighted by molar-refractivity contribution is 0.226. The number of anilines is 1. The summed E-state index contributed by atoms with van der Waals surface area (Å²) in [5.74, 6) is 0.562. The second kappa shape index (κ2) is 5.80. The van der Waals surface area contributed by atoms with Crippen molar-refractivity contribution in [2.75, 3.05) is 37.6 Å². The first-order valence-electron chi connectivity index (χ1n) is 6.29. The fraction of sp³-hybridized carbons (Fsp3) is 0.750. The van der Waals surface area contributed by atoms with Crippen molar-refractivity contribution in [1.82, 2.24) is 9.88 Å². The highest BCUT2D eigenvalue weighted by atomic mass is 32.1. The van der Waals surface area contributed by atoms with Gasteiger partial charge in [0.25, 0.3) is 0 Å². The Morgan fingerprint density at radius 1 is 1.35 bits per heavy atom. The van der Waals surface area contributed by atoms with Gasteiger partial charge in [0.1, 0.15) is 0 Å². The van der Waals surface area contributed by atoms with Gasteiger partial charge in [0, 0.05) is 50.3 Å². The van der Waals surface area contributed by atoms with E-state index in [1.54, 1.807) is 11.3 Å². The summed E-state index contributed by atoms with van der Waals surface area (Å²) in [7, 11) is 0. The number of thiazole rings is 1. The lowest BCUT2D eigenvalue weighted by Crippen LogP contribution is -2.50. The Hall–Kier alpha value is -0.650. The first kappa shape index (κ1) is 12.8. The Labute approximate surface area is 107 Å². The third-order valence-corrected chi connectivity index (χ3v) is 4.22. The van der Waals surface area contributed by atoms with Crippen LogP contribution in [0.4, 0.5) is 5.13 Å². The van der Waals surface area contributed by atoms with Gasteiger partial charge in [-0.1, -0.05) is 13.8 Å². The number of rotatable bonds is 4. The number of nitrogens with zero attached hydrogens (tertiary/aromatic N) is 3. The molecule has 0 saturated carbocycles. The first-order valence-corrected chi connectivity index (χ1v) is 7.17. The van der Waals surface area contributed by atoms with Gasteiger partial charge in [-0.2, -0.15) is 0 Å². The molecule has 1 aromatic heterocycles. The number of hydrogen-bond donors (Lipinski definition) is 1. The summed E-state index contributed by atoms with van der Waals surface area (Å²) in [6.45, 7) is 9.73. The van der Waals surface area contributed by atoms with Crippen molar-refractivity contribution in [3.05, 3.63) is 11.6 Å². The van der Waals surface area contributed by atoms with Crippen LogP contribution in [-0.4, -0.2) is 48.6 Å². The molecule has 4 nitrogen and oxygen atoms in total. The van der Waals surface area contributed by atoms with Crippen LogP contribution in [0.25, 0.3) is 0 Å². The summed E-state index contributed by atoms with van der Waals surface area (Å²) in [5, 5.41) is 3.19. The Bertz CT molecular complexity index is 317. The van der Waals surface area contributed by atoms with E-state index in [1.165, 1.54) is 0 Å². The van der Waals surface area contributed by atoms with Crippen LogP contribution in [-0.2, 0) is 0 Å². The third kappa shape index (κ3) is 3.40. The van der Waals surface area contributed by atoms with Crippen molar-refractivity contribution in [1.29, 1.82) is 0 Å². The highest BCUT2D eigenvalue weighted by Gasteiger charge is 2.20. The molecule has 1 atom stereocenters. The zero-order valence-corrected chi connectivity index (χ0v) is 11.5. The molecule has 1 aromatic rings. The van der Waals surface area contributed by atoms with Crippen molar-refractivity contribution in [3.63, 3.8) is 0 Å². The highest BCUT2D eigenvalue weighted by molar-refractivity contribution is 7.13. The number of nitrogens with two attached hydrogens (primary N) is 1. The molecule has 1 aliphatic heterocycles. The van der Waals surface area contributed by atoms with Crippen molar-refractivity contribution < 1.29 is 0 Å². The van der Waals surface area contributed by atoms with Crippen molar-refractivity contribution in [3.8, 4) is 0 Å². The Morgan fingerprint density at radius 2 is 2.06 bits per heavy atom. The molecule has 5 heteroatoms. The maximum absolute atomic E-state index is 6.11. The quantitative estimate of drug-likeness (QED) is 0.878. The van der Waals surface area contributed by atoms with E-state index < -0.39 is 0 Å². The summed E-state index contributed by atoms with van der Waals surface area (Å²) in [6.07, 6.45) is 1.88. The molecule has 17 heavy (non-hydrogen) atoms. The summed E-state index contributed by atoms with van der Waals surface area (Å²) in [6, 6.07) is 0.293. The summed E-state index contributed by atoms with van der Waals surface area (Å²) in [4.78, 5) is 9.19. The van der Waals surface area contributed by atoms with Crippen LogP contribution in [0.3, 0.4) is 0 Å². The molecule has 1 aliphatic rings. The lowest BCUT2D eigenvalue weighted by Gasteiger charge is -2.36. The third-order valence-electron chi connectivity index (χ3n) is 3.39. The van der Waals surface area contributed by atoms with Crippen molar-refractivity contribution in [2.24, 2.45) is 11.7 Å². The molecule has 0 aliphatic carbocycles. The molecule has 1 fully saturated rings. The van der Waals surface area contributed by atoms with E-state index in [-0.39, 0.29) is 0 Å². The molecule has 96 valence electrons. The van der Waals surface area contributed by atoms with E-state index in [0.717, 1.165) is 37.9 Å². The van der Waals surface area contributed by atoms with Gasteiger partial charge < -0.3 is 10.6 Å². The molecule has 0 aromatic carbocycles. The highest BCUT2D eigenvalue weighted by Crippen LogP contribution is 2.19. The largest absolute Gasteiger partial charge is 0.346 e. The Morgan fingerprint density at radius 3 is 2.59 bits per heavy atom. The zero-order valence-electron chi connectivity index (χ0n) is 10.7. The van der Waals surface area contributed by atoms with E-state index in [0.29, 0.717) is 12.0 Å². The SMILES string of the molecule is CC(C)C(N)CN1CCN(c2nccs2)CC1. The van der Waals surface area contributed by atoms with Gasteiger partial charge in [-0.25, -0.2) is 4.98 Å². The van der Waals surface area contributed by atoms with Crippen molar-refractivity contribution in [2.45, 2.75) is 19.9 Å². The fourth-order valence-electron chi connectivity index (χ4n) is 2.00. The van der Waals surface area contributed by atoms with Gasteiger partial charge in [-0.05, 0) is 5.92 Å². The fourth-order valence-corrected chi connectivity index (χ4v) is 2.70. The predicted octanol–water partition coefficient (Wildman–Crippen LogP) is 1.25. The topological polar surface area (TPSA) is 45.4 Å². The molecular weight excluding hydrogens is 232 g/mol. The van der Waals surface area contributed by atoms with Gasteiger partial charge in [-0.3, -0.25) is 4.90 Å². The molecule has 2 N–H and O–H groups in total. The van der Waals surface area contributed by atoms with E-state index in [9.17, 15) is 0 Å². The van der Waals surface area contributed by atoms with Gasteiger partial charge >= 0.3 is 0 Å².